The third kappa shape index (κ3) is 2.93. The van der Waals surface area contributed by atoms with Gasteiger partial charge in [-0.3, -0.25) is 9.59 Å². The van der Waals surface area contributed by atoms with Crippen LogP contribution in [0.4, 0.5) is 13.2 Å². The highest BCUT2D eigenvalue weighted by Crippen LogP contribution is 2.30. The van der Waals surface area contributed by atoms with E-state index in [0.717, 1.165) is 6.20 Å². The SMILES string of the molecule is CC(=O)c1ccc(-c2ncc(C(=O)C(F)(F)F)s2)cc1. The highest BCUT2D eigenvalue weighted by atomic mass is 32.1. The van der Waals surface area contributed by atoms with Crippen molar-refractivity contribution in [3.05, 3.63) is 40.9 Å². The maximum atomic E-state index is 12.3. The van der Waals surface area contributed by atoms with Crippen LogP contribution in [0.2, 0.25) is 0 Å². The lowest BCUT2D eigenvalue weighted by Gasteiger charge is -2.01. The Bertz CT molecular complexity index is 659. The Balaban J connectivity index is 2.29. The number of hydrogen-bond donors (Lipinski definition) is 0. The molecular weight excluding hydrogens is 291 g/mol. The predicted molar refractivity (Wildman–Crippen MR) is 67.9 cm³/mol. The first kappa shape index (κ1) is 14.4. The number of nitrogens with zero attached hydrogens (tertiary/aromatic N) is 1. The van der Waals surface area contributed by atoms with Crippen LogP contribution in [0, 0.1) is 0 Å². The summed E-state index contributed by atoms with van der Waals surface area (Å²) in [5, 5.41) is 0.299. The van der Waals surface area contributed by atoms with E-state index in [4.69, 9.17) is 0 Å². The third-order valence-corrected chi connectivity index (χ3v) is 3.57. The molecule has 7 heteroatoms. The summed E-state index contributed by atoms with van der Waals surface area (Å²) in [5.74, 6) is -2.01. The molecule has 0 fully saturated rings. The molecule has 2 aromatic rings. The number of hydrogen-bond acceptors (Lipinski definition) is 4. The number of rotatable bonds is 3. The molecule has 1 aromatic carbocycles. The molecule has 104 valence electrons. The number of halogens is 3. The molecule has 1 heterocycles. The van der Waals surface area contributed by atoms with Crippen LogP contribution < -0.4 is 0 Å². The van der Waals surface area contributed by atoms with Crippen LogP contribution in [-0.2, 0) is 0 Å². The van der Waals surface area contributed by atoms with E-state index in [1.54, 1.807) is 24.3 Å². The van der Waals surface area contributed by atoms with Gasteiger partial charge in [0.05, 0.1) is 0 Å². The summed E-state index contributed by atoms with van der Waals surface area (Å²) >= 11 is 0.670. The second-order valence-electron chi connectivity index (χ2n) is 3.99. The van der Waals surface area contributed by atoms with E-state index in [9.17, 15) is 22.8 Å². The molecule has 0 bridgehead atoms. The lowest BCUT2D eigenvalue weighted by Crippen LogP contribution is -2.21. The molecule has 3 nitrogen and oxygen atoms in total. The summed E-state index contributed by atoms with van der Waals surface area (Å²) in [7, 11) is 0. The Hall–Kier alpha value is -2.02. The number of alkyl halides is 3. The third-order valence-electron chi connectivity index (χ3n) is 2.53. The van der Waals surface area contributed by atoms with Crippen molar-refractivity contribution in [3.63, 3.8) is 0 Å². The van der Waals surface area contributed by atoms with Gasteiger partial charge in [0.25, 0.3) is 5.78 Å². The van der Waals surface area contributed by atoms with Crippen molar-refractivity contribution in [2.24, 2.45) is 0 Å². The first-order valence-corrected chi connectivity index (χ1v) is 6.29. The Morgan fingerprint density at radius 1 is 1.15 bits per heavy atom. The van der Waals surface area contributed by atoms with Crippen molar-refractivity contribution < 1.29 is 22.8 Å². The molecule has 0 saturated heterocycles. The van der Waals surface area contributed by atoms with E-state index in [1.165, 1.54) is 6.92 Å². The highest BCUT2D eigenvalue weighted by Gasteiger charge is 2.40. The fraction of sp³-hybridized carbons (Fsp3) is 0.154. The molecule has 1 aromatic heterocycles. The fourth-order valence-electron chi connectivity index (χ4n) is 1.50. The van der Waals surface area contributed by atoms with Gasteiger partial charge in [-0.15, -0.1) is 11.3 Å². The molecule has 0 aliphatic rings. The van der Waals surface area contributed by atoms with Gasteiger partial charge in [-0.25, -0.2) is 4.98 Å². The van der Waals surface area contributed by atoms with Crippen molar-refractivity contribution >= 4 is 22.9 Å². The molecule has 0 atom stereocenters. The minimum Gasteiger partial charge on any atom is -0.295 e. The molecule has 20 heavy (non-hydrogen) atoms. The minimum atomic E-state index is -4.90. The van der Waals surface area contributed by atoms with Gasteiger partial charge >= 0.3 is 6.18 Å². The van der Waals surface area contributed by atoms with Crippen LogP contribution in [0.5, 0.6) is 0 Å². The van der Waals surface area contributed by atoms with Crippen LogP contribution in [0.3, 0.4) is 0 Å². The normalized spacial score (nSPS) is 11.4. The Morgan fingerprint density at radius 2 is 1.75 bits per heavy atom. The molecule has 0 spiro atoms. The average molecular weight is 299 g/mol. The van der Waals surface area contributed by atoms with Crippen LogP contribution in [0.15, 0.2) is 30.5 Å². The van der Waals surface area contributed by atoms with Crippen LogP contribution in [0.25, 0.3) is 10.6 Å². The summed E-state index contributed by atoms with van der Waals surface area (Å²) in [5.41, 5.74) is 1.05. The van der Waals surface area contributed by atoms with Crippen molar-refractivity contribution in [2.45, 2.75) is 13.1 Å². The van der Waals surface area contributed by atoms with E-state index < -0.39 is 16.8 Å². The van der Waals surface area contributed by atoms with Crippen molar-refractivity contribution in [1.29, 1.82) is 0 Å². The van der Waals surface area contributed by atoms with E-state index in [-0.39, 0.29) is 5.78 Å². The van der Waals surface area contributed by atoms with E-state index in [2.05, 4.69) is 4.98 Å². The molecule has 0 saturated carbocycles. The number of benzene rings is 1. The second kappa shape index (κ2) is 5.16. The molecule has 0 radical (unpaired) electrons. The fourth-order valence-corrected chi connectivity index (χ4v) is 2.38. The molecule has 0 N–H and O–H groups in total. The lowest BCUT2D eigenvalue weighted by molar-refractivity contribution is -0.0882. The molecule has 2 rings (SSSR count). The van der Waals surface area contributed by atoms with E-state index in [1.807, 2.05) is 0 Å². The quantitative estimate of drug-likeness (QED) is 0.811. The van der Waals surface area contributed by atoms with Gasteiger partial charge in [0, 0.05) is 17.3 Å². The average Bonchev–Trinajstić information content (AvgIpc) is 2.86. The Kier molecular flexibility index (Phi) is 3.71. The number of Topliss-reactive ketones (excluding diaryl/α,β-unsaturated/α-hetero) is 2. The Morgan fingerprint density at radius 3 is 2.25 bits per heavy atom. The smallest absolute Gasteiger partial charge is 0.295 e. The first-order chi connectivity index (χ1) is 9.29. The van der Waals surface area contributed by atoms with Gasteiger partial charge in [0.15, 0.2) is 5.78 Å². The number of carbonyl (C=O) groups is 2. The van der Waals surface area contributed by atoms with Gasteiger partial charge < -0.3 is 0 Å². The zero-order valence-corrected chi connectivity index (χ0v) is 11.0. The van der Waals surface area contributed by atoms with Crippen molar-refractivity contribution in [3.8, 4) is 10.6 Å². The number of ketones is 2. The van der Waals surface area contributed by atoms with Crippen molar-refractivity contribution in [1.82, 2.24) is 4.98 Å². The molecule has 0 amide bonds. The standard InChI is InChI=1S/C13H8F3NO2S/c1-7(18)8-2-4-9(5-3-8)12-17-6-10(20-12)11(19)13(14,15)16/h2-6H,1H3. The summed E-state index contributed by atoms with van der Waals surface area (Å²) in [6, 6.07) is 6.28. The maximum absolute atomic E-state index is 12.3. The first-order valence-electron chi connectivity index (χ1n) is 5.48. The predicted octanol–water partition coefficient (Wildman–Crippen LogP) is 3.76. The van der Waals surface area contributed by atoms with Crippen LogP contribution >= 0.6 is 11.3 Å². The zero-order chi connectivity index (χ0) is 14.9. The molecular formula is C13H8F3NO2S. The topological polar surface area (TPSA) is 47.0 Å². The number of aromatic nitrogens is 1. The van der Waals surface area contributed by atoms with Gasteiger partial charge in [0.2, 0.25) is 0 Å². The van der Waals surface area contributed by atoms with E-state index in [0.29, 0.717) is 27.5 Å². The molecule has 0 unspecified atom stereocenters. The summed E-state index contributed by atoms with van der Waals surface area (Å²) < 4.78 is 36.8. The van der Waals surface area contributed by atoms with Crippen LogP contribution in [-0.4, -0.2) is 22.7 Å². The van der Waals surface area contributed by atoms with E-state index >= 15 is 0 Å². The van der Waals surface area contributed by atoms with Gasteiger partial charge in [0.1, 0.15) is 9.88 Å². The largest absolute Gasteiger partial charge is 0.455 e. The maximum Gasteiger partial charge on any atom is 0.455 e. The number of thiazole rings is 1. The molecule has 0 aliphatic heterocycles. The van der Waals surface area contributed by atoms with Gasteiger partial charge in [-0.1, -0.05) is 24.3 Å². The number of carbonyl (C=O) groups excluding carboxylic acids is 2. The van der Waals surface area contributed by atoms with Gasteiger partial charge in [-0.2, -0.15) is 13.2 Å². The lowest BCUT2D eigenvalue weighted by atomic mass is 10.1. The second-order valence-corrected chi connectivity index (χ2v) is 5.02. The monoisotopic (exact) mass is 299 g/mol. The summed E-state index contributed by atoms with van der Waals surface area (Å²) in [6.07, 6.45) is -3.99. The minimum absolute atomic E-state index is 0.108. The summed E-state index contributed by atoms with van der Waals surface area (Å²) in [6.45, 7) is 1.42. The zero-order valence-electron chi connectivity index (χ0n) is 10.2. The molecule has 0 aliphatic carbocycles. The highest BCUT2D eigenvalue weighted by molar-refractivity contribution is 7.17. The van der Waals surface area contributed by atoms with Crippen molar-refractivity contribution in [2.75, 3.05) is 0 Å². The van der Waals surface area contributed by atoms with Gasteiger partial charge in [-0.05, 0) is 6.92 Å². The summed E-state index contributed by atoms with van der Waals surface area (Å²) in [4.78, 5) is 25.5. The Labute approximate surface area is 116 Å². The van der Waals surface area contributed by atoms with Crippen LogP contribution in [0.1, 0.15) is 27.0 Å².